The molecule has 0 amide bonds. The molecule has 0 N–H and O–H groups in total. The van der Waals surface area contributed by atoms with Gasteiger partial charge in [-0.15, -0.1) is 12.4 Å². The highest BCUT2D eigenvalue weighted by Crippen LogP contribution is 1.95. The Bertz CT molecular complexity index is 75.4. The Kier molecular flexibility index (Phi) is 6.63. The molecule has 0 atom stereocenters. The molecular formula is C6H14ClNOS. The van der Waals surface area contributed by atoms with E-state index in [1.165, 1.54) is 0 Å². The van der Waals surface area contributed by atoms with Gasteiger partial charge in [0.2, 0.25) is 0 Å². The second-order valence-electron chi connectivity index (χ2n) is 2.18. The van der Waals surface area contributed by atoms with E-state index in [1.54, 1.807) is 0 Å². The van der Waals surface area contributed by atoms with Gasteiger partial charge in [0.15, 0.2) is 0 Å². The molecule has 0 saturated carbocycles. The minimum atomic E-state index is 0. The molecule has 0 aromatic carbocycles. The van der Waals surface area contributed by atoms with Crippen molar-refractivity contribution < 1.29 is 4.74 Å². The molecule has 0 aromatic rings. The van der Waals surface area contributed by atoms with Gasteiger partial charge in [-0.3, -0.25) is 4.90 Å². The number of halogens is 1. The van der Waals surface area contributed by atoms with E-state index in [1.807, 2.05) is 0 Å². The Hall–Kier alpha value is 0.560. The summed E-state index contributed by atoms with van der Waals surface area (Å²) in [6, 6.07) is 0. The first-order valence-electron chi connectivity index (χ1n) is 3.34. The highest BCUT2D eigenvalue weighted by molar-refractivity contribution is 7.80. The van der Waals surface area contributed by atoms with Gasteiger partial charge in [0.1, 0.15) is 0 Å². The summed E-state index contributed by atoms with van der Waals surface area (Å²) in [4.78, 5) is 2.37. The van der Waals surface area contributed by atoms with E-state index in [9.17, 15) is 0 Å². The van der Waals surface area contributed by atoms with Crippen LogP contribution in [0.15, 0.2) is 0 Å². The predicted octanol–water partition coefficient (Wildman–Crippen LogP) is 0.670. The lowest BCUT2D eigenvalue weighted by Gasteiger charge is -2.25. The van der Waals surface area contributed by atoms with Crippen LogP contribution in [0.3, 0.4) is 0 Å². The van der Waals surface area contributed by atoms with Crippen molar-refractivity contribution in [3.63, 3.8) is 0 Å². The molecule has 2 nitrogen and oxygen atoms in total. The fourth-order valence-electron chi connectivity index (χ4n) is 0.966. The van der Waals surface area contributed by atoms with E-state index in [4.69, 9.17) is 4.74 Å². The van der Waals surface area contributed by atoms with Gasteiger partial charge in [0, 0.05) is 25.4 Å². The van der Waals surface area contributed by atoms with Crippen LogP contribution in [0.4, 0.5) is 0 Å². The van der Waals surface area contributed by atoms with E-state index in [-0.39, 0.29) is 12.4 Å². The van der Waals surface area contributed by atoms with Gasteiger partial charge in [0.05, 0.1) is 13.2 Å². The Morgan fingerprint density at radius 3 is 2.40 bits per heavy atom. The maximum atomic E-state index is 5.18. The highest BCUT2D eigenvalue weighted by Gasteiger charge is 2.07. The smallest absolute Gasteiger partial charge is 0.0594 e. The van der Waals surface area contributed by atoms with Crippen molar-refractivity contribution in [2.24, 2.45) is 0 Å². The Morgan fingerprint density at radius 1 is 1.30 bits per heavy atom. The van der Waals surface area contributed by atoms with E-state index < -0.39 is 0 Å². The lowest BCUT2D eigenvalue weighted by atomic mass is 10.4. The normalized spacial score (nSPS) is 20.1. The molecule has 0 bridgehead atoms. The van der Waals surface area contributed by atoms with Gasteiger partial charge in [-0.1, -0.05) is 0 Å². The van der Waals surface area contributed by atoms with E-state index in [2.05, 4.69) is 17.5 Å². The summed E-state index contributed by atoms with van der Waals surface area (Å²) in [6.07, 6.45) is 0. The molecule has 1 saturated heterocycles. The summed E-state index contributed by atoms with van der Waals surface area (Å²) in [5, 5.41) is 0. The topological polar surface area (TPSA) is 12.5 Å². The molecule has 10 heavy (non-hydrogen) atoms. The van der Waals surface area contributed by atoms with Crippen LogP contribution in [0.1, 0.15) is 0 Å². The van der Waals surface area contributed by atoms with Crippen molar-refractivity contribution in [1.82, 2.24) is 4.90 Å². The second-order valence-corrected chi connectivity index (χ2v) is 2.62. The molecule has 1 aliphatic heterocycles. The third-order valence-corrected chi connectivity index (χ3v) is 1.72. The molecule has 1 heterocycles. The molecule has 1 rings (SSSR count). The van der Waals surface area contributed by atoms with Crippen LogP contribution in [0, 0.1) is 0 Å². The van der Waals surface area contributed by atoms with Gasteiger partial charge in [0.25, 0.3) is 0 Å². The number of ether oxygens (including phenoxy) is 1. The standard InChI is InChI=1S/C6H13NOS.ClH/c9-6-3-7-1-4-8-5-2-7;/h9H,1-6H2;1H. The molecular weight excluding hydrogens is 170 g/mol. The lowest BCUT2D eigenvalue weighted by molar-refractivity contribution is 0.0410. The predicted molar refractivity (Wildman–Crippen MR) is 48.4 cm³/mol. The maximum Gasteiger partial charge on any atom is 0.0594 e. The first-order valence-corrected chi connectivity index (χ1v) is 3.97. The van der Waals surface area contributed by atoms with Crippen LogP contribution in [0.5, 0.6) is 0 Å². The van der Waals surface area contributed by atoms with Crippen molar-refractivity contribution in [2.45, 2.75) is 0 Å². The summed E-state index contributed by atoms with van der Waals surface area (Å²) in [7, 11) is 0. The van der Waals surface area contributed by atoms with E-state index in [0.717, 1.165) is 38.6 Å². The first kappa shape index (κ1) is 10.6. The molecule has 1 fully saturated rings. The van der Waals surface area contributed by atoms with Crippen LogP contribution >= 0.6 is 25.0 Å². The Morgan fingerprint density at radius 2 is 1.90 bits per heavy atom. The molecule has 0 radical (unpaired) electrons. The minimum absolute atomic E-state index is 0. The summed E-state index contributed by atoms with van der Waals surface area (Å²) in [5.74, 6) is 0.958. The van der Waals surface area contributed by atoms with Gasteiger partial charge in [-0.2, -0.15) is 12.6 Å². The SMILES string of the molecule is Cl.SCCN1CCOCC1. The molecule has 4 heteroatoms. The van der Waals surface area contributed by atoms with Crippen LogP contribution in [-0.4, -0.2) is 43.5 Å². The quantitative estimate of drug-likeness (QED) is 0.632. The first-order chi connectivity index (χ1) is 4.43. The van der Waals surface area contributed by atoms with Gasteiger partial charge >= 0.3 is 0 Å². The monoisotopic (exact) mass is 183 g/mol. The zero-order chi connectivity index (χ0) is 6.53. The van der Waals surface area contributed by atoms with Crippen molar-refractivity contribution in [3.8, 4) is 0 Å². The van der Waals surface area contributed by atoms with E-state index >= 15 is 0 Å². The molecule has 0 aromatic heterocycles. The number of hydrogen-bond donors (Lipinski definition) is 1. The maximum absolute atomic E-state index is 5.18. The van der Waals surface area contributed by atoms with Crippen molar-refractivity contribution in [2.75, 3.05) is 38.6 Å². The zero-order valence-corrected chi connectivity index (χ0v) is 7.66. The molecule has 62 valence electrons. The average molecular weight is 184 g/mol. The third kappa shape index (κ3) is 3.66. The van der Waals surface area contributed by atoms with Crippen molar-refractivity contribution in [3.05, 3.63) is 0 Å². The molecule has 0 unspecified atom stereocenters. The summed E-state index contributed by atoms with van der Waals surface area (Å²) < 4.78 is 5.18. The summed E-state index contributed by atoms with van der Waals surface area (Å²) in [6.45, 7) is 5.06. The average Bonchev–Trinajstić information content (AvgIpc) is 1.91. The molecule has 0 spiro atoms. The molecule has 0 aliphatic carbocycles. The van der Waals surface area contributed by atoms with E-state index in [0.29, 0.717) is 0 Å². The minimum Gasteiger partial charge on any atom is -0.379 e. The molecule has 1 aliphatic rings. The number of thiol groups is 1. The van der Waals surface area contributed by atoms with Crippen LogP contribution in [0.2, 0.25) is 0 Å². The van der Waals surface area contributed by atoms with Crippen molar-refractivity contribution >= 4 is 25.0 Å². The highest BCUT2D eigenvalue weighted by atomic mass is 35.5. The number of nitrogens with zero attached hydrogens (tertiary/aromatic N) is 1. The summed E-state index contributed by atoms with van der Waals surface area (Å²) >= 11 is 4.15. The second kappa shape index (κ2) is 6.28. The van der Waals surface area contributed by atoms with Gasteiger partial charge in [-0.05, 0) is 0 Å². The van der Waals surface area contributed by atoms with Crippen LogP contribution < -0.4 is 0 Å². The lowest BCUT2D eigenvalue weighted by Crippen LogP contribution is -2.37. The fraction of sp³-hybridized carbons (Fsp3) is 1.00. The number of rotatable bonds is 2. The van der Waals surface area contributed by atoms with Gasteiger partial charge in [-0.25, -0.2) is 0 Å². The fourth-order valence-corrected chi connectivity index (χ4v) is 1.25. The third-order valence-electron chi connectivity index (χ3n) is 1.52. The van der Waals surface area contributed by atoms with Gasteiger partial charge < -0.3 is 4.74 Å². The van der Waals surface area contributed by atoms with Crippen molar-refractivity contribution in [1.29, 1.82) is 0 Å². The Balaban J connectivity index is 0.000000810. The number of morpholine rings is 1. The number of hydrogen-bond acceptors (Lipinski definition) is 3. The summed E-state index contributed by atoms with van der Waals surface area (Å²) in [5.41, 5.74) is 0. The zero-order valence-electron chi connectivity index (χ0n) is 5.95. The van der Waals surface area contributed by atoms with Crippen LogP contribution in [0.25, 0.3) is 0 Å². The largest absolute Gasteiger partial charge is 0.379 e. The Labute approximate surface area is 73.7 Å². The van der Waals surface area contributed by atoms with Crippen LogP contribution in [-0.2, 0) is 4.74 Å².